The number of amidine groups is 1. The molecule has 0 aliphatic carbocycles. The highest BCUT2D eigenvalue weighted by Crippen LogP contribution is 2.06. The van der Waals surface area contributed by atoms with Gasteiger partial charge in [-0.15, -0.1) is 0 Å². The summed E-state index contributed by atoms with van der Waals surface area (Å²) >= 11 is 0. The maximum Gasteiger partial charge on any atom is 0.0923 e. The number of nitrogens with zero attached hydrogens (tertiary/aromatic N) is 2. The van der Waals surface area contributed by atoms with E-state index in [0.717, 1.165) is 25.1 Å². The molecule has 1 aromatic rings. The monoisotopic (exact) mass is 194 g/mol. The van der Waals surface area contributed by atoms with Gasteiger partial charge in [0.05, 0.1) is 11.5 Å². The number of nitrogens with one attached hydrogen (secondary N) is 1. The topological polar surface area (TPSA) is 67.7 Å². The maximum absolute atomic E-state index is 7.16. The minimum absolute atomic E-state index is 0.223. The number of nitrogens with two attached hydrogens (primary N) is 1. The minimum Gasteiger partial charge on any atom is -0.388 e. The van der Waals surface area contributed by atoms with E-state index in [9.17, 15) is 0 Å². The van der Waals surface area contributed by atoms with Crippen LogP contribution in [-0.2, 0) is 19.4 Å². The Hall–Kier alpha value is -1.32. The van der Waals surface area contributed by atoms with Crippen molar-refractivity contribution in [2.24, 2.45) is 5.73 Å². The van der Waals surface area contributed by atoms with Crippen LogP contribution in [0.5, 0.6) is 0 Å². The lowest BCUT2D eigenvalue weighted by Gasteiger charge is -2.04. The number of hydrogen-bond donors (Lipinski definition) is 2. The van der Waals surface area contributed by atoms with Crippen LogP contribution in [-0.4, -0.2) is 15.6 Å². The summed E-state index contributed by atoms with van der Waals surface area (Å²) in [5.41, 5.74) is 7.65. The first-order chi connectivity index (χ1) is 6.67. The Morgan fingerprint density at radius 2 is 2.21 bits per heavy atom. The van der Waals surface area contributed by atoms with Gasteiger partial charge in [-0.05, 0) is 18.9 Å². The highest BCUT2D eigenvalue weighted by molar-refractivity contribution is 5.76. The number of hydrogen-bond acceptors (Lipinski definition) is 2. The van der Waals surface area contributed by atoms with Crippen LogP contribution in [0, 0.1) is 5.41 Å². The molecule has 78 valence electrons. The van der Waals surface area contributed by atoms with E-state index in [2.05, 4.69) is 25.0 Å². The predicted octanol–water partition coefficient (Wildman–Crippen LogP) is 1.33. The van der Waals surface area contributed by atoms with Gasteiger partial charge in [-0.2, -0.15) is 5.10 Å². The largest absolute Gasteiger partial charge is 0.388 e. The van der Waals surface area contributed by atoms with Crippen LogP contribution in [0.2, 0.25) is 0 Å². The molecule has 0 saturated carbocycles. The van der Waals surface area contributed by atoms with Gasteiger partial charge in [0, 0.05) is 18.7 Å². The van der Waals surface area contributed by atoms with Crippen LogP contribution in [0.3, 0.4) is 0 Å². The van der Waals surface area contributed by atoms with E-state index in [-0.39, 0.29) is 5.84 Å². The molecule has 0 spiro atoms. The predicted molar refractivity (Wildman–Crippen MR) is 57.5 cm³/mol. The third-order valence-corrected chi connectivity index (χ3v) is 2.23. The van der Waals surface area contributed by atoms with Crippen molar-refractivity contribution in [1.82, 2.24) is 9.78 Å². The van der Waals surface area contributed by atoms with Crippen molar-refractivity contribution in [3.05, 3.63) is 17.5 Å². The molecule has 0 unspecified atom stereocenters. The van der Waals surface area contributed by atoms with Crippen molar-refractivity contribution >= 4 is 5.84 Å². The zero-order chi connectivity index (χ0) is 10.6. The first kappa shape index (κ1) is 10.8. The standard InChI is InChI=1S/C10H18N4/c1-3-8-7-9(4-2)14(13-8)6-5-10(11)12/h7H,3-6H2,1-2H3,(H3,11,12). The molecule has 0 radical (unpaired) electrons. The Morgan fingerprint density at radius 3 is 2.71 bits per heavy atom. The van der Waals surface area contributed by atoms with Crippen LogP contribution in [0.15, 0.2) is 6.07 Å². The van der Waals surface area contributed by atoms with Gasteiger partial charge in [-0.1, -0.05) is 13.8 Å². The van der Waals surface area contributed by atoms with Gasteiger partial charge in [0.15, 0.2) is 0 Å². The molecule has 0 bridgehead atoms. The molecule has 1 rings (SSSR count). The van der Waals surface area contributed by atoms with Crippen molar-refractivity contribution < 1.29 is 0 Å². The van der Waals surface area contributed by atoms with Crippen molar-refractivity contribution in [2.45, 2.75) is 39.7 Å². The molecule has 0 amide bonds. The quantitative estimate of drug-likeness (QED) is 0.548. The van der Waals surface area contributed by atoms with Gasteiger partial charge in [0.1, 0.15) is 0 Å². The van der Waals surface area contributed by atoms with Crippen molar-refractivity contribution in [1.29, 1.82) is 5.41 Å². The summed E-state index contributed by atoms with van der Waals surface area (Å²) in [5, 5.41) is 11.6. The summed E-state index contributed by atoms with van der Waals surface area (Å²) in [4.78, 5) is 0. The molecule has 0 aromatic carbocycles. The Kier molecular flexibility index (Phi) is 3.68. The molecular formula is C10H18N4. The Balaban J connectivity index is 2.73. The van der Waals surface area contributed by atoms with E-state index in [0.29, 0.717) is 6.42 Å². The molecule has 0 atom stereocenters. The van der Waals surface area contributed by atoms with Gasteiger partial charge in [0.2, 0.25) is 0 Å². The van der Waals surface area contributed by atoms with Crippen molar-refractivity contribution in [3.8, 4) is 0 Å². The second-order valence-electron chi connectivity index (χ2n) is 3.33. The van der Waals surface area contributed by atoms with Gasteiger partial charge in [-0.3, -0.25) is 10.1 Å². The number of aromatic nitrogens is 2. The van der Waals surface area contributed by atoms with Gasteiger partial charge in [-0.25, -0.2) is 0 Å². The van der Waals surface area contributed by atoms with E-state index >= 15 is 0 Å². The third-order valence-electron chi connectivity index (χ3n) is 2.23. The molecule has 3 N–H and O–H groups in total. The van der Waals surface area contributed by atoms with Crippen LogP contribution >= 0.6 is 0 Å². The van der Waals surface area contributed by atoms with E-state index in [1.165, 1.54) is 5.69 Å². The lowest BCUT2D eigenvalue weighted by molar-refractivity contribution is 0.595. The molecular weight excluding hydrogens is 176 g/mol. The average Bonchev–Trinajstić information content (AvgIpc) is 2.57. The Bertz CT molecular complexity index is 314. The molecule has 1 aromatic heterocycles. The number of rotatable bonds is 5. The summed E-state index contributed by atoms with van der Waals surface area (Å²) < 4.78 is 1.96. The fourth-order valence-electron chi connectivity index (χ4n) is 1.39. The van der Waals surface area contributed by atoms with E-state index in [1.807, 2.05) is 4.68 Å². The Labute approximate surface area is 84.6 Å². The van der Waals surface area contributed by atoms with E-state index in [1.54, 1.807) is 0 Å². The van der Waals surface area contributed by atoms with Crippen LogP contribution in [0.4, 0.5) is 0 Å². The number of aryl methyl sites for hydroxylation is 3. The zero-order valence-corrected chi connectivity index (χ0v) is 8.88. The van der Waals surface area contributed by atoms with Gasteiger partial charge >= 0.3 is 0 Å². The first-order valence-corrected chi connectivity index (χ1v) is 5.05. The zero-order valence-electron chi connectivity index (χ0n) is 8.88. The molecule has 14 heavy (non-hydrogen) atoms. The highest BCUT2D eigenvalue weighted by Gasteiger charge is 2.04. The molecule has 0 saturated heterocycles. The normalized spacial score (nSPS) is 10.4. The smallest absolute Gasteiger partial charge is 0.0923 e. The summed E-state index contributed by atoms with van der Waals surface area (Å²) in [6.07, 6.45) is 2.52. The molecule has 4 heteroatoms. The summed E-state index contributed by atoms with van der Waals surface area (Å²) in [6, 6.07) is 2.13. The molecule has 0 fully saturated rings. The van der Waals surface area contributed by atoms with Gasteiger partial charge < -0.3 is 5.73 Å². The van der Waals surface area contributed by atoms with E-state index in [4.69, 9.17) is 11.1 Å². The fraction of sp³-hybridized carbons (Fsp3) is 0.600. The van der Waals surface area contributed by atoms with Crippen LogP contribution in [0.25, 0.3) is 0 Å². The molecule has 0 aliphatic rings. The van der Waals surface area contributed by atoms with Crippen molar-refractivity contribution in [2.75, 3.05) is 0 Å². The lowest BCUT2D eigenvalue weighted by atomic mass is 10.2. The molecule has 4 nitrogen and oxygen atoms in total. The van der Waals surface area contributed by atoms with Crippen LogP contribution < -0.4 is 5.73 Å². The maximum atomic E-state index is 7.16. The summed E-state index contributed by atoms with van der Waals surface area (Å²) in [5.74, 6) is 0.223. The van der Waals surface area contributed by atoms with E-state index < -0.39 is 0 Å². The first-order valence-electron chi connectivity index (χ1n) is 5.05. The highest BCUT2D eigenvalue weighted by atomic mass is 15.3. The lowest BCUT2D eigenvalue weighted by Crippen LogP contribution is -2.15. The minimum atomic E-state index is 0.223. The second-order valence-corrected chi connectivity index (χ2v) is 3.33. The fourth-order valence-corrected chi connectivity index (χ4v) is 1.39. The second kappa shape index (κ2) is 4.79. The van der Waals surface area contributed by atoms with Crippen LogP contribution in [0.1, 0.15) is 31.7 Å². The third kappa shape index (κ3) is 2.58. The average molecular weight is 194 g/mol. The Morgan fingerprint density at radius 1 is 1.50 bits per heavy atom. The van der Waals surface area contributed by atoms with Crippen molar-refractivity contribution in [3.63, 3.8) is 0 Å². The SMILES string of the molecule is CCc1cc(CC)n(CCC(=N)N)n1. The van der Waals surface area contributed by atoms with Gasteiger partial charge in [0.25, 0.3) is 0 Å². The molecule has 1 heterocycles. The summed E-state index contributed by atoms with van der Waals surface area (Å²) in [6.45, 7) is 4.93. The molecule has 0 aliphatic heterocycles. The summed E-state index contributed by atoms with van der Waals surface area (Å²) in [7, 11) is 0.